The molecule has 2 rings (SSSR count). The topological polar surface area (TPSA) is 44.7 Å². The van der Waals surface area contributed by atoms with Crippen LogP contribution in [0.5, 0.6) is 0 Å². The normalized spacial score (nSPS) is 12.3. The van der Waals surface area contributed by atoms with Gasteiger partial charge < -0.3 is 19.4 Å². The number of rotatable bonds is 11. The summed E-state index contributed by atoms with van der Waals surface area (Å²) in [6, 6.07) is 8.69. The van der Waals surface area contributed by atoms with E-state index < -0.39 is 0 Å². The van der Waals surface area contributed by atoms with Crippen molar-refractivity contribution in [3.8, 4) is 0 Å². The van der Waals surface area contributed by atoms with E-state index in [9.17, 15) is 0 Å². The first-order valence-electron chi connectivity index (χ1n) is 10.3. The minimum absolute atomic E-state index is 0.343. The van der Waals surface area contributed by atoms with Gasteiger partial charge in [-0.1, -0.05) is 6.92 Å². The molecule has 0 bridgehead atoms. The summed E-state index contributed by atoms with van der Waals surface area (Å²) in [5, 5.41) is 0. The maximum absolute atomic E-state index is 5.15. The number of ether oxygens (including phenoxy) is 1. The largest absolute Gasteiger partial charge is 0.383 e. The van der Waals surface area contributed by atoms with Gasteiger partial charge >= 0.3 is 0 Å². The van der Waals surface area contributed by atoms with Crippen molar-refractivity contribution >= 4 is 11.5 Å². The summed E-state index contributed by atoms with van der Waals surface area (Å²) in [7, 11) is 10.1. The Morgan fingerprint density at radius 1 is 1.00 bits per heavy atom. The number of methoxy groups -OCH3 is 1. The SMILES string of the molecule is COCCN(C)c1ccc(C(C)Cc2cc(C)nc(N(C)CCN(C)C)c2)nc1. The molecular formula is C23H37N5O. The summed E-state index contributed by atoms with van der Waals surface area (Å²) >= 11 is 0. The Balaban J connectivity index is 2.05. The molecule has 6 nitrogen and oxygen atoms in total. The molecule has 0 saturated heterocycles. The first kappa shape index (κ1) is 23.1. The van der Waals surface area contributed by atoms with Crippen LogP contribution in [0.1, 0.15) is 29.8 Å². The van der Waals surface area contributed by atoms with E-state index in [1.54, 1.807) is 7.11 Å². The lowest BCUT2D eigenvalue weighted by molar-refractivity contribution is 0.206. The lowest BCUT2D eigenvalue weighted by Crippen LogP contribution is -2.29. The molecule has 0 amide bonds. The molecule has 0 fully saturated rings. The average Bonchev–Trinajstić information content (AvgIpc) is 2.69. The number of aromatic nitrogens is 2. The molecule has 0 radical (unpaired) electrons. The zero-order valence-corrected chi connectivity index (χ0v) is 19.1. The molecule has 0 N–H and O–H groups in total. The zero-order chi connectivity index (χ0) is 21.4. The molecule has 0 aliphatic heterocycles. The highest BCUT2D eigenvalue weighted by atomic mass is 16.5. The van der Waals surface area contributed by atoms with Crippen LogP contribution in [0.4, 0.5) is 11.5 Å². The number of nitrogens with zero attached hydrogens (tertiary/aromatic N) is 5. The molecule has 0 saturated carbocycles. The van der Waals surface area contributed by atoms with E-state index in [4.69, 9.17) is 14.7 Å². The second-order valence-electron chi connectivity index (χ2n) is 8.16. The van der Waals surface area contributed by atoms with Crippen molar-refractivity contribution in [2.75, 3.05) is 71.3 Å². The predicted octanol–water partition coefficient (Wildman–Crippen LogP) is 3.21. The van der Waals surface area contributed by atoms with E-state index in [0.717, 1.165) is 48.9 Å². The lowest BCUT2D eigenvalue weighted by Gasteiger charge is -2.22. The van der Waals surface area contributed by atoms with Gasteiger partial charge in [0.05, 0.1) is 18.5 Å². The molecule has 1 atom stereocenters. The summed E-state index contributed by atoms with van der Waals surface area (Å²) in [6.07, 6.45) is 2.91. The van der Waals surface area contributed by atoms with E-state index in [2.05, 4.69) is 81.0 Å². The molecule has 6 heteroatoms. The first-order chi connectivity index (χ1) is 13.8. The van der Waals surface area contributed by atoms with Crippen molar-refractivity contribution < 1.29 is 4.74 Å². The molecule has 0 spiro atoms. The van der Waals surface area contributed by atoms with Crippen LogP contribution in [0, 0.1) is 6.92 Å². The van der Waals surface area contributed by atoms with Gasteiger partial charge in [-0.2, -0.15) is 0 Å². The highest BCUT2D eigenvalue weighted by Gasteiger charge is 2.12. The molecular weight excluding hydrogens is 362 g/mol. The third-order valence-corrected chi connectivity index (χ3v) is 5.16. The minimum atomic E-state index is 0.343. The van der Waals surface area contributed by atoms with Gasteiger partial charge in [-0.05, 0) is 57.3 Å². The van der Waals surface area contributed by atoms with Gasteiger partial charge in [0, 0.05) is 58.1 Å². The van der Waals surface area contributed by atoms with Crippen molar-refractivity contribution in [1.82, 2.24) is 14.9 Å². The van der Waals surface area contributed by atoms with E-state index in [0.29, 0.717) is 12.5 Å². The number of anilines is 2. The maximum atomic E-state index is 5.15. The molecule has 1 unspecified atom stereocenters. The quantitative estimate of drug-likeness (QED) is 0.578. The number of pyridine rings is 2. The summed E-state index contributed by atoms with van der Waals surface area (Å²) < 4.78 is 5.15. The van der Waals surface area contributed by atoms with Crippen LogP contribution in [-0.4, -0.2) is 76.4 Å². The third kappa shape index (κ3) is 7.29. The smallest absolute Gasteiger partial charge is 0.128 e. The highest BCUT2D eigenvalue weighted by Crippen LogP contribution is 2.23. The maximum Gasteiger partial charge on any atom is 0.128 e. The summed E-state index contributed by atoms with van der Waals surface area (Å²) in [5.74, 6) is 1.38. The van der Waals surface area contributed by atoms with Gasteiger partial charge in [-0.3, -0.25) is 4.98 Å². The van der Waals surface area contributed by atoms with Gasteiger partial charge in [-0.15, -0.1) is 0 Å². The standard InChI is InChI=1S/C23H37N5O/c1-18(22-9-8-21(17-24-22)27(5)12-13-29-7)14-20-15-19(2)25-23(16-20)28(6)11-10-26(3)4/h8-9,15-18H,10-14H2,1-7H3. The Morgan fingerprint density at radius 2 is 1.76 bits per heavy atom. The Morgan fingerprint density at radius 3 is 2.38 bits per heavy atom. The molecule has 2 aromatic rings. The Kier molecular flexibility index (Phi) is 8.86. The van der Waals surface area contributed by atoms with Crippen LogP contribution < -0.4 is 9.80 Å². The Bertz CT molecular complexity index is 747. The van der Waals surface area contributed by atoms with Crippen LogP contribution in [-0.2, 0) is 11.2 Å². The monoisotopic (exact) mass is 399 g/mol. The Hall–Kier alpha value is -2.18. The molecule has 2 heterocycles. The fourth-order valence-electron chi connectivity index (χ4n) is 3.23. The van der Waals surface area contributed by atoms with Gasteiger partial charge in [-0.25, -0.2) is 4.98 Å². The zero-order valence-electron chi connectivity index (χ0n) is 19.1. The molecule has 0 aliphatic carbocycles. The number of hydrogen-bond donors (Lipinski definition) is 0. The predicted molar refractivity (Wildman–Crippen MR) is 122 cm³/mol. The molecule has 160 valence electrons. The average molecular weight is 400 g/mol. The van der Waals surface area contributed by atoms with E-state index >= 15 is 0 Å². The van der Waals surface area contributed by atoms with Crippen molar-refractivity contribution in [2.45, 2.75) is 26.2 Å². The summed E-state index contributed by atoms with van der Waals surface area (Å²) in [5.41, 5.74) is 4.60. The molecule has 0 aliphatic rings. The highest BCUT2D eigenvalue weighted by molar-refractivity contribution is 5.45. The summed E-state index contributed by atoms with van der Waals surface area (Å²) in [6.45, 7) is 7.84. The van der Waals surface area contributed by atoms with Gasteiger partial charge in [0.15, 0.2) is 0 Å². The van der Waals surface area contributed by atoms with Gasteiger partial charge in [0.25, 0.3) is 0 Å². The van der Waals surface area contributed by atoms with Crippen LogP contribution in [0.2, 0.25) is 0 Å². The third-order valence-electron chi connectivity index (χ3n) is 5.16. The second-order valence-corrected chi connectivity index (χ2v) is 8.16. The first-order valence-corrected chi connectivity index (χ1v) is 10.3. The van der Waals surface area contributed by atoms with Crippen LogP contribution in [0.25, 0.3) is 0 Å². The van der Waals surface area contributed by atoms with Crippen molar-refractivity contribution in [3.05, 3.63) is 47.4 Å². The van der Waals surface area contributed by atoms with Crippen LogP contribution in [0.3, 0.4) is 0 Å². The van der Waals surface area contributed by atoms with E-state index in [-0.39, 0.29) is 0 Å². The van der Waals surface area contributed by atoms with Gasteiger partial charge in [0.1, 0.15) is 5.82 Å². The van der Waals surface area contributed by atoms with E-state index in [1.165, 1.54) is 5.56 Å². The van der Waals surface area contributed by atoms with Crippen molar-refractivity contribution in [1.29, 1.82) is 0 Å². The minimum Gasteiger partial charge on any atom is -0.383 e. The van der Waals surface area contributed by atoms with Crippen molar-refractivity contribution in [3.63, 3.8) is 0 Å². The summed E-state index contributed by atoms with van der Waals surface area (Å²) in [4.78, 5) is 16.0. The van der Waals surface area contributed by atoms with E-state index in [1.807, 2.05) is 6.20 Å². The number of hydrogen-bond acceptors (Lipinski definition) is 6. The fraction of sp³-hybridized carbons (Fsp3) is 0.565. The Labute approximate surface area is 176 Å². The van der Waals surface area contributed by atoms with Crippen molar-refractivity contribution in [2.24, 2.45) is 0 Å². The molecule has 2 aromatic heterocycles. The van der Waals surface area contributed by atoms with Crippen LogP contribution >= 0.6 is 0 Å². The number of aryl methyl sites for hydroxylation is 1. The lowest BCUT2D eigenvalue weighted by atomic mass is 9.97. The second kappa shape index (κ2) is 11.1. The molecule has 29 heavy (non-hydrogen) atoms. The fourth-order valence-corrected chi connectivity index (χ4v) is 3.23. The molecule has 0 aromatic carbocycles. The van der Waals surface area contributed by atoms with Crippen LogP contribution in [0.15, 0.2) is 30.5 Å². The van der Waals surface area contributed by atoms with Gasteiger partial charge in [0.2, 0.25) is 0 Å². The number of likely N-dealkylation sites (N-methyl/N-ethyl adjacent to an activating group) is 3.